The van der Waals surface area contributed by atoms with Gasteiger partial charge in [-0.15, -0.1) is 0 Å². The van der Waals surface area contributed by atoms with Gasteiger partial charge in [0.25, 0.3) is 0 Å². The Labute approximate surface area is 112 Å². The fourth-order valence-electron chi connectivity index (χ4n) is 1.61. The van der Waals surface area contributed by atoms with Gasteiger partial charge >= 0.3 is 6.18 Å². The van der Waals surface area contributed by atoms with Gasteiger partial charge in [0.1, 0.15) is 17.7 Å². The average Bonchev–Trinajstić information content (AvgIpc) is 2.16. The number of alkyl halides is 3. The Balaban J connectivity index is 3.25. The van der Waals surface area contributed by atoms with E-state index < -0.39 is 14.5 Å². The number of halogens is 3. The van der Waals surface area contributed by atoms with E-state index >= 15 is 0 Å². The first-order valence-corrected chi connectivity index (χ1v) is 9.31. The zero-order valence-corrected chi connectivity index (χ0v) is 12.7. The molecule has 0 saturated heterocycles. The minimum Gasteiger partial charge on any atom is -0.543 e. The summed E-state index contributed by atoms with van der Waals surface area (Å²) in [7, 11) is -1.91. The van der Waals surface area contributed by atoms with E-state index in [0.717, 1.165) is 11.1 Å². The SMILES string of the molecule is Cc1cc(C)c(O[Si](C)(C)C)c(/N=C\C(F)(F)F)c1. The van der Waals surface area contributed by atoms with Crippen LogP contribution < -0.4 is 4.43 Å². The van der Waals surface area contributed by atoms with E-state index in [1.807, 2.05) is 39.6 Å². The van der Waals surface area contributed by atoms with Gasteiger partial charge in [0.05, 0.1) is 0 Å². The zero-order chi connectivity index (χ0) is 14.8. The number of aliphatic imine (C=N–C) groups is 1. The standard InChI is InChI=1S/C13H18F3NOSi/c1-9-6-10(2)12(18-19(3,4)5)11(7-9)17-8-13(14,15)16/h6-8H,1-5H3/b17-8-. The van der Waals surface area contributed by atoms with Crippen LogP contribution in [0.3, 0.4) is 0 Å². The van der Waals surface area contributed by atoms with Gasteiger partial charge in [-0.25, -0.2) is 4.99 Å². The van der Waals surface area contributed by atoms with Crippen LogP contribution in [0.25, 0.3) is 0 Å². The summed E-state index contributed by atoms with van der Waals surface area (Å²) in [6.07, 6.45) is -4.42. The lowest BCUT2D eigenvalue weighted by Crippen LogP contribution is -2.29. The first-order valence-electron chi connectivity index (χ1n) is 5.90. The lowest BCUT2D eigenvalue weighted by molar-refractivity contribution is -0.0535. The second-order valence-corrected chi connectivity index (χ2v) is 9.87. The van der Waals surface area contributed by atoms with Gasteiger partial charge < -0.3 is 4.43 Å². The molecule has 0 aromatic heterocycles. The maximum Gasteiger partial charge on any atom is 0.426 e. The summed E-state index contributed by atoms with van der Waals surface area (Å²) in [6.45, 7) is 9.56. The van der Waals surface area contributed by atoms with Crippen LogP contribution >= 0.6 is 0 Å². The van der Waals surface area contributed by atoms with Gasteiger partial charge in [0, 0.05) is 0 Å². The molecule has 1 aromatic rings. The molecule has 0 aliphatic carbocycles. The Bertz CT molecular complexity index is 490. The van der Waals surface area contributed by atoms with Crippen molar-refractivity contribution in [3.8, 4) is 5.75 Å². The summed E-state index contributed by atoms with van der Waals surface area (Å²) in [4.78, 5) is 3.53. The van der Waals surface area contributed by atoms with Gasteiger partial charge in [-0.2, -0.15) is 13.2 Å². The van der Waals surface area contributed by atoms with Crippen LogP contribution in [0.5, 0.6) is 5.75 Å². The Morgan fingerprint density at radius 3 is 2.21 bits per heavy atom. The molecule has 0 aliphatic rings. The molecule has 0 N–H and O–H groups in total. The monoisotopic (exact) mass is 289 g/mol. The molecule has 0 radical (unpaired) electrons. The molecule has 6 heteroatoms. The number of benzene rings is 1. The van der Waals surface area contributed by atoms with Gasteiger partial charge in [-0.1, -0.05) is 6.07 Å². The molecule has 0 bridgehead atoms. The average molecular weight is 289 g/mol. The highest BCUT2D eigenvalue weighted by molar-refractivity contribution is 6.70. The third-order valence-corrected chi connectivity index (χ3v) is 2.97. The highest BCUT2D eigenvalue weighted by Gasteiger charge is 2.25. The molecule has 0 aliphatic heterocycles. The first kappa shape index (κ1) is 15.8. The molecule has 0 fully saturated rings. The fourth-order valence-corrected chi connectivity index (χ4v) is 2.49. The highest BCUT2D eigenvalue weighted by Crippen LogP contribution is 2.35. The summed E-state index contributed by atoms with van der Waals surface area (Å²) < 4.78 is 42.5. The van der Waals surface area contributed by atoms with Crippen molar-refractivity contribution in [1.29, 1.82) is 0 Å². The maximum absolute atomic E-state index is 12.2. The summed E-state index contributed by atoms with van der Waals surface area (Å²) in [5.74, 6) is 0.449. The van der Waals surface area contributed by atoms with E-state index in [-0.39, 0.29) is 11.9 Å². The Kier molecular flexibility index (Phi) is 4.45. The van der Waals surface area contributed by atoms with Crippen LogP contribution in [-0.2, 0) is 0 Å². The van der Waals surface area contributed by atoms with E-state index in [9.17, 15) is 13.2 Å². The van der Waals surface area contributed by atoms with Gasteiger partial charge in [-0.05, 0) is 50.7 Å². The van der Waals surface area contributed by atoms with Crippen LogP contribution in [0.1, 0.15) is 11.1 Å². The molecule has 0 heterocycles. The van der Waals surface area contributed by atoms with Crippen molar-refractivity contribution in [3.63, 3.8) is 0 Å². The zero-order valence-electron chi connectivity index (χ0n) is 11.7. The normalized spacial score (nSPS) is 13.1. The number of aryl methyl sites for hydroxylation is 2. The summed E-state index contributed by atoms with van der Waals surface area (Å²) in [5, 5.41) is 0. The van der Waals surface area contributed by atoms with E-state index in [2.05, 4.69) is 4.99 Å². The molecule has 106 valence electrons. The van der Waals surface area contributed by atoms with Gasteiger partial charge in [-0.3, -0.25) is 0 Å². The molecule has 0 spiro atoms. The lowest BCUT2D eigenvalue weighted by atomic mass is 10.1. The Hall–Kier alpha value is -1.30. The quantitative estimate of drug-likeness (QED) is 0.579. The topological polar surface area (TPSA) is 21.6 Å². The largest absolute Gasteiger partial charge is 0.543 e. The molecule has 0 unspecified atom stereocenters. The number of nitrogens with zero attached hydrogens (tertiary/aromatic N) is 1. The van der Waals surface area contributed by atoms with Crippen molar-refractivity contribution in [3.05, 3.63) is 23.3 Å². The second kappa shape index (κ2) is 5.36. The molecule has 0 saturated carbocycles. The Morgan fingerprint density at radius 2 is 1.74 bits per heavy atom. The van der Waals surface area contributed by atoms with E-state index in [1.54, 1.807) is 6.07 Å². The minimum absolute atomic E-state index is 0.00170. The van der Waals surface area contributed by atoms with Crippen molar-refractivity contribution in [2.45, 2.75) is 39.7 Å². The van der Waals surface area contributed by atoms with E-state index in [1.165, 1.54) is 0 Å². The predicted octanol–water partition coefficient (Wildman–Crippen LogP) is 4.78. The second-order valence-electron chi connectivity index (χ2n) is 5.44. The summed E-state index contributed by atoms with van der Waals surface area (Å²) in [5.41, 5.74) is 1.89. The maximum atomic E-state index is 12.2. The van der Waals surface area contributed by atoms with E-state index in [0.29, 0.717) is 5.75 Å². The number of hydrogen-bond acceptors (Lipinski definition) is 2. The van der Waals surface area contributed by atoms with Crippen LogP contribution in [0.2, 0.25) is 19.6 Å². The molecule has 2 nitrogen and oxygen atoms in total. The van der Waals surface area contributed by atoms with Crippen LogP contribution in [0.15, 0.2) is 17.1 Å². The fraction of sp³-hybridized carbons (Fsp3) is 0.462. The summed E-state index contributed by atoms with van der Waals surface area (Å²) >= 11 is 0. The predicted molar refractivity (Wildman–Crippen MR) is 74.1 cm³/mol. The molecular formula is C13H18F3NOSi. The van der Waals surface area contributed by atoms with Crippen molar-refractivity contribution >= 4 is 20.2 Å². The molecular weight excluding hydrogens is 271 g/mol. The van der Waals surface area contributed by atoms with Crippen molar-refractivity contribution in [2.75, 3.05) is 0 Å². The Morgan fingerprint density at radius 1 is 1.16 bits per heavy atom. The van der Waals surface area contributed by atoms with Crippen LogP contribution in [0.4, 0.5) is 18.9 Å². The number of rotatable bonds is 3. The highest BCUT2D eigenvalue weighted by atomic mass is 28.4. The van der Waals surface area contributed by atoms with Crippen molar-refractivity contribution in [1.82, 2.24) is 0 Å². The van der Waals surface area contributed by atoms with Crippen molar-refractivity contribution in [2.24, 2.45) is 4.99 Å². The van der Waals surface area contributed by atoms with E-state index in [4.69, 9.17) is 4.43 Å². The van der Waals surface area contributed by atoms with Gasteiger partial charge in [0.2, 0.25) is 8.32 Å². The van der Waals surface area contributed by atoms with Crippen LogP contribution in [0, 0.1) is 13.8 Å². The lowest BCUT2D eigenvalue weighted by Gasteiger charge is -2.22. The van der Waals surface area contributed by atoms with Crippen molar-refractivity contribution < 1.29 is 17.6 Å². The molecule has 1 aromatic carbocycles. The van der Waals surface area contributed by atoms with Gasteiger partial charge in [0.15, 0.2) is 0 Å². The first-order chi connectivity index (χ1) is 8.48. The molecule has 19 heavy (non-hydrogen) atoms. The van der Waals surface area contributed by atoms with Crippen LogP contribution in [-0.4, -0.2) is 20.7 Å². The third kappa shape index (κ3) is 5.46. The smallest absolute Gasteiger partial charge is 0.426 e. The minimum atomic E-state index is -4.42. The number of hydrogen-bond donors (Lipinski definition) is 0. The third-order valence-electron chi connectivity index (χ3n) is 2.16. The summed E-state index contributed by atoms with van der Waals surface area (Å²) in [6, 6.07) is 3.48. The molecule has 0 amide bonds. The molecule has 1 rings (SSSR count). The molecule has 0 atom stereocenters.